The fraction of sp³-hybridized carbons (Fsp3) is 0.105. The Kier molecular flexibility index (Phi) is 5.85. The van der Waals surface area contributed by atoms with Gasteiger partial charge in [-0.05, 0) is 55.5 Å². The maximum atomic E-state index is 13.0. The molecule has 2 N–H and O–H groups in total. The number of ketones is 1. The molecule has 0 amide bonds. The summed E-state index contributed by atoms with van der Waals surface area (Å²) in [5, 5.41) is 29.8. The normalized spacial score (nSPS) is 12.1. The van der Waals surface area contributed by atoms with Crippen LogP contribution in [0.3, 0.4) is 0 Å². The molecule has 0 atom stereocenters. The molecular formula is C19H16FN5O2S. The van der Waals surface area contributed by atoms with E-state index in [2.05, 4.69) is 25.7 Å². The van der Waals surface area contributed by atoms with Crippen LogP contribution in [0.4, 0.5) is 20.9 Å². The number of aliphatic hydroxyl groups excluding tert-OH is 1. The van der Waals surface area contributed by atoms with Crippen molar-refractivity contribution in [2.75, 3.05) is 5.32 Å². The highest BCUT2D eigenvalue weighted by atomic mass is 32.1. The first-order valence-corrected chi connectivity index (χ1v) is 9.03. The fourth-order valence-electron chi connectivity index (χ4n) is 2.22. The van der Waals surface area contributed by atoms with Gasteiger partial charge in [-0.15, -0.1) is 15.3 Å². The highest BCUT2D eigenvalue weighted by Gasteiger charge is 2.09. The summed E-state index contributed by atoms with van der Waals surface area (Å²) in [4.78, 5) is 11.4. The van der Waals surface area contributed by atoms with Crippen LogP contribution in [-0.2, 0) is 4.79 Å². The molecule has 0 bridgehead atoms. The zero-order valence-electron chi connectivity index (χ0n) is 15.0. The van der Waals surface area contributed by atoms with Gasteiger partial charge in [-0.25, -0.2) is 4.39 Å². The van der Waals surface area contributed by atoms with Gasteiger partial charge >= 0.3 is 0 Å². The molecule has 0 spiro atoms. The summed E-state index contributed by atoms with van der Waals surface area (Å²) in [5.41, 5.74) is 2.00. The molecule has 0 aliphatic carbocycles. The molecule has 3 rings (SSSR count). The van der Waals surface area contributed by atoms with E-state index in [-0.39, 0.29) is 23.1 Å². The number of hydrogen-bond donors (Lipinski definition) is 2. The highest BCUT2D eigenvalue weighted by molar-refractivity contribution is 7.18. The van der Waals surface area contributed by atoms with Crippen molar-refractivity contribution >= 4 is 33.6 Å². The van der Waals surface area contributed by atoms with E-state index in [0.717, 1.165) is 5.56 Å². The van der Waals surface area contributed by atoms with Crippen molar-refractivity contribution < 1.29 is 14.3 Å². The Hall–Kier alpha value is -3.46. The van der Waals surface area contributed by atoms with Gasteiger partial charge in [0.15, 0.2) is 11.5 Å². The average molecular weight is 397 g/mol. The number of aromatic nitrogens is 2. The number of carbonyl (C=O) groups is 1. The maximum Gasteiger partial charge on any atom is 0.210 e. The van der Waals surface area contributed by atoms with E-state index in [1.165, 1.54) is 37.3 Å². The Morgan fingerprint density at radius 2 is 1.75 bits per heavy atom. The van der Waals surface area contributed by atoms with E-state index in [4.69, 9.17) is 0 Å². The molecule has 0 radical (unpaired) electrons. The Morgan fingerprint density at radius 1 is 1.07 bits per heavy atom. The number of azo groups is 1. The summed E-state index contributed by atoms with van der Waals surface area (Å²) in [6, 6.07) is 13.0. The number of aliphatic hydroxyl groups is 1. The van der Waals surface area contributed by atoms with Crippen LogP contribution in [0.5, 0.6) is 0 Å². The van der Waals surface area contributed by atoms with E-state index >= 15 is 0 Å². The van der Waals surface area contributed by atoms with Crippen molar-refractivity contribution in [2.24, 2.45) is 10.2 Å². The number of nitrogens with one attached hydrogen (secondary N) is 1. The minimum Gasteiger partial charge on any atom is -0.510 e. The monoisotopic (exact) mass is 397 g/mol. The van der Waals surface area contributed by atoms with Gasteiger partial charge in [-0.3, -0.25) is 4.79 Å². The molecule has 142 valence electrons. The van der Waals surface area contributed by atoms with Crippen molar-refractivity contribution in [3.63, 3.8) is 0 Å². The number of Topliss-reactive ketones (excluding diaryl/α,β-unsaturated/α-hetero) is 1. The van der Waals surface area contributed by atoms with Gasteiger partial charge in [0.2, 0.25) is 5.13 Å². The predicted molar refractivity (Wildman–Crippen MR) is 106 cm³/mol. The minimum absolute atomic E-state index is 0.0790. The average Bonchev–Trinajstić information content (AvgIpc) is 3.12. The summed E-state index contributed by atoms with van der Waals surface area (Å²) in [6.45, 7) is 2.69. The van der Waals surface area contributed by atoms with Crippen molar-refractivity contribution in [2.45, 2.75) is 13.8 Å². The second kappa shape index (κ2) is 8.49. The smallest absolute Gasteiger partial charge is 0.210 e. The van der Waals surface area contributed by atoms with Gasteiger partial charge in [0.1, 0.15) is 16.6 Å². The Morgan fingerprint density at radius 3 is 2.36 bits per heavy atom. The molecular weight excluding hydrogens is 381 g/mol. The summed E-state index contributed by atoms with van der Waals surface area (Å²) >= 11 is 1.35. The summed E-state index contributed by atoms with van der Waals surface area (Å²) in [7, 11) is 0. The first-order valence-electron chi connectivity index (χ1n) is 8.21. The third kappa shape index (κ3) is 4.83. The Balaban J connectivity index is 1.72. The molecule has 7 nitrogen and oxygen atoms in total. The molecule has 0 aliphatic heterocycles. The van der Waals surface area contributed by atoms with E-state index in [9.17, 15) is 14.3 Å². The van der Waals surface area contributed by atoms with E-state index in [1.54, 1.807) is 36.4 Å². The van der Waals surface area contributed by atoms with Crippen molar-refractivity contribution in [3.05, 3.63) is 65.8 Å². The van der Waals surface area contributed by atoms with Crippen LogP contribution in [0.25, 0.3) is 10.6 Å². The fourth-order valence-corrected chi connectivity index (χ4v) is 2.99. The molecule has 1 aromatic heterocycles. The van der Waals surface area contributed by atoms with E-state index in [0.29, 0.717) is 21.5 Å². The number of rotatable bonds is 6. The highest BCUT2D eigenvalue weighted by Crippen LogP contribution is 2.29. The summed E-state index contributed by atoms with van der Waals surface area (Å²) in [6.07, 6.45) is 0. The van der Waals surface area contributed by atoms with Crippen molar-refractivity contribution in [3.8, 4) is 10.6 Å². The lowest BCUT2D eigenvalue weighted by atomic mass is 10.2. The van der Waals surface area contributed by atoms with Gasteiger partial charge < -0.3 is 10.4 Å². The number of halogens is 1. The first kappa shape index (κ1) is 19.3. The van der Waals surface area contributed by atoms with Gasteiger partial charge in [0.25, 0.3) is 0 Å². The zero-order chi connectivity index (χ0) is 20.1. The second-order valence-corrected chi connectivity index (χ2v) is 6.76. The van der Waals surface area contributed by atoms with Gasteiger partial charge in [0, 0.05) is 18.2 Å². The van der Waals surface area contributed by atoms with Crippen LogP contribution in [0.2, 0.25) is 0 Å². The topological polar surface area (TPSA) is 99.8 Å². The standard InChI is InChI=1S/C19H16FN5O2S/c1-11(26)17(12(2)27)23-22-16-7-3-13(4-8-16)18-24-25-19(28-18)21-15-9-5-14(20)6-10-15/h3-10,26H,1-2H3,(H,21,25)/b17-11-,23-22?. The maximum absolute atomic E-state index is 13.0. The largest absolute Gasteiger partial charge is 0.510 e. The second-order valence-electron chi connectivity index (χ2n) is 5.78. The van der Waals surface area contributed by atoms with Gasteiger partial charge in [-0.2, -0.15) is 5.11 Å². The van der Waals surface area contributed by atoms with Gasteiger partial charge in [0.05, 0.1) is 5.69 Å². The summed E-state index contributed by atoms with van der Waals surface area (Å²) < 4.78 is 13.0. The number of anilines is 2. The van der Waals surface area contributed by atoms with Crippen LogP contribution in [0.15, 0.2) is 70.2 Å². The lowest BCUT2D eigenvalue weighted by Gasteiger charge is -2.00. The third-order valence-electron chi connectivity index (χ3n) is 3.58. The van der Waals surface area contributed by atoms with Gasteiger partial charge in [-0.1, -0.05) is 11.3 Å². The van der Waals surface area contributed by atoms with Crippen LogP contribution in [-0.4, -0.2) is 21.1 Å². The number of allylic oxidation sites excluding steroid dienone is 2. The molecule has 0 saturated heterocycles. The lowest BCUT2D eigenvalue weighted by molar-refractivity contribution is -0.113. The van der Waals surface area contributed by atoms with E-state index < -0.39 is 0 Å². The Labute approximate surface area is 164 Å². The third-order valence-corrected chi connectivity index (χ3v) is 4.46. The number of carbonyl (C=O) groups excluding carboxylic acids is 1. The van der Waals surface area contributed by atoms with Crippen LogP contribution >= 0.6 is 11.3 Å². The molecule has 0 saturated carbocycles. The molecule has 0 fully saturated rings. The van der Waals surface area contributed by atoms with E-state index in [1.807, 2.05) is 0 Å². The van der Waals surface area contributed by atoms with Crippen LogP contribution < -0.4 is 5.32 Å². The number of hydrogen-bond acceptors (Lipinski definition) is 8. The summed E-state index contributed by atoms with van der Waals surface area (Å²) in [5.74, 6) is -0.848. The zero-order valence-corrected chi connectivity index (χ0v) is 15.9. The SMILES string of the molecule is CC(=O)/C(N=Nc1ccc(-c2nnc(Nc3ccc(F)cc3)s2)cc1)=C(\C)O. The molecule has 2 aromatic carbocycles. The van der Waals surface area contributed by atoms with Crippen molar-refractivity contribution in [1.82, 2.24) is 10.2 Å². The predicted octanol–water partition coefficient (Wildman–Crippen LogP) is 5.55. The minimum atomic E-state index is -0.365. The quantitative estimate of drug-likeness (QED) is 0.323. The number of benzene rings is 2. The lowest BCUT2D eigenvalue weighted by Crippen LogP contribution is -1.96. The van der Waals surface area contributed by atoms with Crippen LogP contribution in [0.1, 0.15) is 13.8 Å². The molecule has 0 aliphatic rings. The number of nitrogens with zero attached hydrogens (tertiary/aromatic N) is 4. The molecule has 3 aromatic rings. The molecule has 28 heavy (non-hydrogen) atoms. The molecule has 0 unspecified atom stereocenters. The Bertz CT molecular complexity index is 1040. The van der Waals surface area contributed by atoms with Crippen molar-refractivity contribution in [1.29, 1.82) is 0 Å². The van der Waals surface area contributed by atoms with Crippen LogP contribution in [0, 0.1) is 5.82 Å². The molecule has 9 heteroatoms. The first-order chi connectivity index (χ1) is 13.4. The molecule has 1 heterocycles.